The lowest BCUT2D eigenvalue weighted by atomic mass is 10.2. The van der Waals surface area contributed by atoms with E-state index < -0.39 is 11.9 Å². The summed E-state index contributed by atoms with van der Waals surface area (Å²) in [4.78, 5) is 21.9. The third kappa shape index (κ3) is 3.11. The molecule has 82 valence electrons. The predicted octanol–water partition coefficient (Wildman–Crippen LogP) is 2.11. The molecule has 2 N–H and O–H groups in total. The van der Waals surface area contributed by atoms with Crippen LogP contribution < -0.4 is 5.32 Å². The Morgan fingerprint density at radius 3 is 2.69 bits per heavy atom. The van der Waals surface area contributed by atoms with Crippen LogP contribution in [0.25, 0.3) is 0 Å². The minimum absolute atomic E-state index is 0.0854. The number of benzene rings is 1. The highest BCUT2D eigenvalue weighted by atomic mass is 79.9. The van der Waals surface area contributed by atoms with Crippen molar-refractivity contribution in [3.8, 4) is 11.8 Å². The number of hydrogen-bond acceptors (Lipinski definition) is 2. The Labute approximate surface area is 101 Å². The molecule has 4 nitrogen and oxygen atoms in total. The van der Waals surface area contributed by atoms with Crippen LogP contribution in [0.2, 0.25) is 0 Å². The second-order valence-corrected chi connectivity index (χ2v) is 3.68. The maximum absolute atomic E-state index is 11.1. The van der Waals surface area contributed by atoms with Gasteiger partial charge in [0.15, 0.2) is 0 Å². The number of amides is 1. The van der Waals surface area contributed by atoms with E-state index in [1.807, 2.05) is 0 Å². The van der Waals surface area contributed by atoms with E-state index in [9.17, 15) is 9.59 Å². The van der Waals surface area contributed by atoms with Crippen LogP contribution in [0.15, 0.2) is 22.7 Å². The number of carboxylic acids is 1. The standard InChI is InChI=1S/C11H8BrNO3/c1-2-3-10(14)13-7-4-5-9(12)8(6-7)11(15)16/h4-6H,1H3,(H,13,14)(H,15,16). The fourth-order valence-corrected chi connectivity index (χ4v) is 1.46. The van der Waals surface area contributed by atoms with E-state index in [1.54, 1.807) is 19.1 Å². The first-order valence-electron chi connectivity index (χ1n) is 4.31. The molecule has 0 saturated carbocycles. The van der Waals surface area contributed by atoms with Crippen LogP contribution in [-0.2, 0) is 4.79 Å². The number of nitrogens with one attached hydrogen (secondary N) is 1. The van der Waals surface area contributed by atoms with Gasteiger partial charge in [-0.05, 0) is 47.0 Å². The number of carboxylic acid groups (broad SMARTS) is 1. The highest BCUT2D eigenvalue weighted by molar-refractivity contribution is 9.10. The van der Waals surface area contributed by atoms with E-state index in [0.29, 0.717) is 10.2 Å². The average molecular weight is 282 g/mol. The average Bonchev–Trinajstić information content (AvgIpc) is 2.21. The molecule has 0 aliphatic heterocycles. The summed E-state index contributed by atoms with van der Waals surface area (Å²) in [6.45, 7) is 1.55. The van der Waals surface area contributed by atoms with Crippen molar-refractivity contribution in [2.24, 2.45) is 0 Å². The van der Waals surface area contributed by atoms with Crippen LogP contribution in [0, 0.1) is 11.8 Å². The number of anilines is 1. The number of hydrogen-bond donors (Lipinski definition) is 2. The summed E-state index contributed by atoms with van der Waals surface area (Å²) in [6.07, 6.45) is 0. The lowest BCUT2D eigenvalue weighted by Crippen LogP contribution is -2.09. The Morgan fingerprint density at radius 2 is 2.12 bits per heavy atom. The number of carbonyl (C=O) groups excluding carboxylic acids is 1. The second kappa shape index (κ2) is 5.33. The predicted molar refractivity (Wildman–Crippen MR) is 63.2 cm³/mol. The van der Waals surface area contributed by atoms with Crippen LogP contribution in [0.5, 0.6) is 0 Å². The maximum atomic E-state index is 11.1. The fourth-order valence-electron chi connectivity index (χ4n) is 1.04. The number of carbonyl (C=O) groups is 2. The molecule has 1 rings (SSSR count). The SMILES string of the molecule is CC#CC(=O)Nc1ccc(Br)c(C(=O)O)c1. The monoisotopic (exact) mass is 281 g/mol. The summed E-state index contributed by atoms with van der Waals surface area (Å²) in [7, 11) is 0. The molecule has 0 aromatic heterocycles. The molecule has 5 heteroatoms. The summed E-state index contributed by atoms with van der Waals surface area (Å²) in [5.74, 6) is 3.21. The number of aromatic carboxylic acids is 1. The zero-order valence-electron chi connectivity index (χ0n) is 8.37. The maximum Gasteiger partial charge on any atom is 0.336 e. The lowest BCUT2D eigenvalue weighted by Gasteiger charge is -2.04. The van der Waals surface area contributed by atoms with Gasteiger partial charge in [-0.1, -0.05) is 5.92 Å². The molecule has 0 unspecified atom stereocenters. The van der Waals surface area contributed by atoms with Gasteiger partial charge >= 0.3 is 5.97 Å². The zero-order valence-corrected chi connectivity index (χ0v) is 9.96. The van der Waals surface area contributed by atoms with Crippen molar-refractivity contribution >= 4 is 33.5 Å². The Balaban J connectivity index is 2.98. The van der Waals surface area contributed by atoms with Crippen molar-refractivity contribution in [1.82, 2.24) is 0 Å². The quantitative estimate of drug-likeness (QED) is 0.816. The molecule has 0 aliphatic rings. The Kier molecular flexibility index (Phi) is 4.09. The van der Waals surface area contributed by atoms with Crippen LogP contribution in [-0.4, -0.2) is 17.0 Å². The van der Waals surface area contributed by atoms with E-state index in [1.165, 1.54) is 6.07 Å². The van der Waals surface area contributed by atoms with Crippen LogP contribution in [0.4, 0.5) is 5.69 Å². The second-order valence-electron chi connectivity index (χ2n) is 2.83. The van der Waals surface area contributed by atoms with E-state index in [4.69, 9.17) is 5.11 Å². The molecule has 0 saturated heterocycles. The van der Waals surface area contributed by atoms with Crippen molar-refractivity contribution in [3.05, 3.63) is 28.2 Å². The van der Waals surface area contributed by atoms with Crippen molar-refractivity contribution in [2.75, 3.05) is 5.32 Å². The van der Waals surface area contributed by atoms with Gasteiger partial charge in [0.1, 0.15) is 0 Å². The van der Waals surface area contributed by atoms with Crippen LogP contribution in [0.1, 0.15) is 17.3 Å². The van der Waals surface area contributed by atoms with Crippen molar-refractivity contribution in [1.29, 1.82) is 0 Å². The molecule has 16 heavy (non-hydrogen) atoms. The minimum atomic E-state index is -1.07. The molecule has 0 aliphatic carbocycles. The van der Waals surface area contributed by atoms with E-state index in [0.717, 1.165) is 0 Å². The van der Waals surface area contributed by atoms with Gasteiger partial charge in [0.25, 0.3) is 5.91 Å². The van der Waals surface area contributed by atoms with E-state index >= 15 is 0 Å². The van der Waals surface area contributed by atoms with Crippen LogP contribution in [0.3, 0.4) is 0 Å². The molecular weight excluding hydrogens is 274 g/mol. The highest BCUT2D eigenvalue weighted by Gasteiger charge is 2.09. The summed E-state index contributed by atoms with van der Waals surface area (Å²) < 4.78 is 0.458. The van der Waals surface area contributed by atoms with Gasteiger partial charge in [-0.15, -0.1) is 0 Å². The highest BCUT2D eigenvalue weighted by Crippen LogP contribution is 2.21. The van der Waals surface area contributed by atoms with Gasteiger partial charge in [0, 0.05) is 10.2 Å². The van der Waals surface area contributed by atoms with Crippen molar-refractivity contribution in [3.63, 3.8) is 0 Å². The molecule has 1 aromatic carbocycles. The van der Waals surface area contributed by atoms with Gasteiger partial charge in [-0.25, -0.2) is 4.79 Å². The molecule has 0 radical (unpaired) electrons. The van der Waals surface area contributed by atoms with Crippen molar-refractivity contribution in [2.45, 2.75) is 6.92 Å². The first-order chi connectivity index (χ1) is 7.54. The zero-order chi connectivity index (χ0) is 12.1. The largest absolute Gasteiger partial charge is 0.478 e. The summed E-state index contributed by atoms with van der Waals surface area (Å²) in [5, 5.41) is 11.3. The normalized spacial score (nSPS) is 8.88. The number of halogens is 1. The molecule has 1 amide bonds. The lowest BCUT2D eigenvalue weighted by molar-refractivity contribution is -0.111. The summed E-state index contributed by atoms with van der Waals surface area (Å²) in [5.41, 5.74) is 0.482. The third-order valence-corrected chi connectivity index (χ3v) is 2.38. The van der Waals surface area contributed by atoms with Gasteiger partial charge in [0.2, 0.25) is 0 Å². The molecular formula is C11H8BrNO3. The molecule has 0 bridgehead atoms. The molecule has 0 heterocycles. The smallest absolute Gasteiger partial charge is 0.336 e. The third-order valence-electron chi connectivity index (χ3n) is 1.69. The van der Waals surface area contributed by atoms with E-state index in [-0.39, 0.29) is 5.56 Å². The topological polar surface area (TPSA) is 66.4 Å². The Bertz CT molecular complexity index is 500. The summed E-state index contributed by atoms with van der Waals surface area (Å²) in [6, 6.07) is 4.51. The van der Waals surface area contributed by atoms with Gasteiger partial charge in [-0.3, -0.25) is 4.79 Å². The molecule has 0 atom stereocenters. The van der Waals surface area contributed by atoms with Crippen LogP contribution >= 0.6 is 15.9 Å². The fraction of sp³-hybridized carbons (Fsp3) is 0.0909. The van der Waals surface area contributed by atoms with Gasteiger partial charge in [-0.2, -0.15) is 0 Å². The van der Waals surface area contributed by atoms with Crippen molar-refractivity contribution < 1.29 is 14.7 Å². The Morgan fingerprint density at radius 1 is 1.44 bits per heavy atom. The molecule has 1 aromatic rings. The molecule has 0 spiro atoms. The van der Waals surface area contributed by atoms with Gasteiger partial charge in [0.05, 0.1) is 5.56 Å². The minimum Gasteiger partial charge on any atom is -0.478 e. The van der Waals surface area contributed by atoms with E-state index in [2.05, 4.69) is 33.1 Å². The van der Waals surface area contributed by atoms with Gasteiger partial charge < -0.3 is 10.4 Å². The summed E-state index contributed by atoms with van der Waals surface area (Å²) >= 11 is 3.11. The number of rotatable bonds is 2. The first kappa shape index (κ1) is 12.3. The first-order valence-corrected chi connectivity index (χ1v) is 5.10. The molecule has 0 fully saturated rings. The Hall–Kier alpha value is -1.80.